The van der Waals surface area contributed by atoms with Gasteiger partial charge in [-0.1, -0.05) is 12.1 Å². The zero-order valence-electron chi connectivity index (χ0n) is 17.8. The number of rotatable bonds is 5. The number of benzene rings is 1. The van der Waals surface area contributed by atoms with E-state index in [1.165, 1.54) is 5.56 Å². The molecule has 166 valence electrons. The third-order valence-corrected chi connectivity index (χ3v) is 7.38. The molecule has 3 aromatic heterocycles. The number of nitrogens with zero attached hydrogens (tertiary/aromatic N) is 4. The summed E-state index contributed by atoms with van der Waals surface area (Å²) < 4.78 is 2.80. The summed E-state index contributed by atoms with van der Waals surface area (Å²) in [7, 11) is 0. The molecule has 1 aliphatic rings. The fourth-order valence-corrected chi connectivity index (χ4v) is 5.29. The smallest absolute Gasteiger partial charge is 0.143 e. The van der Waals surface area contributed by atoms with E-state index in [9.17, 15) is 10.2 Å². The summed E-state index contributed by atoms with van der Waals surface area (Å²) >= 11 is 3.42. The highest BCUT2D eigenvalue weighted by Crippen LogP contribution is 2.39. The molecule has 8 heteroatoms. The van der Waals surface area contributed by atoms with Crippen molar-refractivity contribution >= 4 is 43.7 Å². The van der Waals surface area contributed by atoms with E-state index in [1.54, 1.807) is 6.33 Å². The van der Waals surface area contributed by atoms with Crippen molar-refractivity contribution in [2.45, 2.75) is 50.9 Å². The Kier molecular flexibility index (Phi) is 5.61. The number of hydrogen-bond acceptors (Lipinski definition) is 6. The highest BCUT2D eigenvalue weighted by molar-refractivity contribution is 9.10. The van der Waals surface area contributed by atoms with Crippen LogP contribution in [0.3, 0.4) is 0 Å². The molecule has 0 amide bonds. The van der Waals surface area contributed by atoms with Gasteiger partial charge in [0.15, 0.2) is 0 Å². The lowest BCUT2D eigenvalue weighted by Crippen LogP contribution is -2.29. The molecule has 0 spiro atoms. The number of hydrogen-bond donors (Lipinski definition) is 3. The summed E-state index contributed by atoms with van der Waals surface area (Å²) in [5.41, 5.74) is 9.73. The van der Waals surface area contributed by atoms with Crippen molar-refractivity contribution < 1.29 is 10.2 Å². The van der Waals surface area contributed by atoms with Crippen molar-refractivity contribution in [2.75, 3.05) is 5.73 Å². The Morgan fingerprint density at radius 3 is 2.84 bits per heavy atom. The quantitative estimate of drug-likeness (QED) is 0.386. The summed E-state index contributed by atoms with van der Waals surface area (Å²) in [6.07, 6.45) is 5.32. The number of aliphatic hydroxyl groups is 2. The molecule has 0 bridgehead atoms. The van der Waals surface area contributed by atoms with Gasteiger partial charge in [-0.25, -0.2) is 15.0 Å². The molecule has 4 N–H and O–H groups in total. The van der Waals surface area contributed by atoms with E-state index < -0.39 is 12.2 Å². The average molecular weight is 496 g/mol. The second-order valence-electron chi connectivity index (χ2n) is 8.74. The summed E-state index contributed by atoms with van der Waals surface area (Å²) in [5, 5.41) is 23.5. The summed E-state index contributed by atoms with van der Waals surface area (Å²) in [4.78, 5) is 13.1. The van der Waals surface area contributed by atoms with Gasteiger partial charge in [-0.3, -0.25) is 0 Å². The fraction of sp³-hybridized carbons (Fsp3) is 0.375. The lowest BCUT2D eigenvalue weighted by Gasteiger charge is -2.19. The van der Waals surface area contributed by atoms with Crippen LogP contribution in [0.5, 0.6) is 0 Å². The van der Waals surface area contributed by atoms with E-state index in [-0.39, 0.29) is 12.0 Å². The molecule has 0 saturated heterocycles. The first-order valence-corrected chi connectivity index (χ1v) is 11.7. The number of pyridine rings is 1. The van der Waals surface area contributed by atoms with E-state index >= 15 is 0 Å². The number of halogens is 1. The summed E-state index contributed by atoms with van der Waals surface area (Å²) in [6.45, 7) is 1.95. The number of aromatic nitrogens is 4. The molecule has 1 saturated carbocycles. The second-order valence-corrected chi connectivity index (χ2v) is 9.59. The molecule has 1 aliphatic carbocycles. The Balaban J connectivity index is 1.26. The third kappa shape index (κ3) is 3.76. The number of aryl methyl sites for hydroxylation is 2. The van der Waals surface area contributed by atoms with Crippen LogP contribution in [-0.4, -0.2) is 41.9 Å². The zero-order valence-corrected chi connectivity index (χ0v) is 19.4. The average Bonchev–Trinajstić information content (AvgIpc) is 3.32. The molecule has 5 rings (SSSR count). The standard InChI is InChI=1S/C24H26BrN5O2/c1-13-17-7-8-30(24(17)28-12-27-13)20-11-16(21(31)22(20)32)4-2-3-14-5-6-15-10-18(25)23(26)29-19(15)9-14/h5-10,12,16,20-22,31-32H,2-4,11H2,1H3,(H2,26,29)/t16-,20+,21+,22-/m0/s1. The Bertz CT molecular complexity index is 1290. The van der Waals surface area contributed by atoms with Gasteiger partial charge in [-0.05, 0) is 78.2 Å². The van der Waals surface area contributed by atoms with Crippen LogP contribution in [-0.2, 0) is 6.42 Å². The molecule has 32 heavy (non-hydrogen) atoms. The molecular weight excluding hydrogens is 470 g/mol. The lowest BCUT2D eigenvalue weighted by atomic mass is 9.96. The Labute approximate surface area is 194 Å². The predicted octanol–water partition coefficient (Wildman–Crippen LogP) is 3.94. The van der Waals surface area contributed by atoms with Crippen molar-refractivity contribution in [3.63, 3.8) is 0 Å². The van der Waals surface area contributed by atoms with E-state index in [1.807, 2.05) is 29.8 Å². The molecule has 4 atom stereocenters. The van der Waals surface area contributed by atoms with Crippen molar-refractivity contribution in [3.8, 4) is 0 Å². The molecule has 1 aromatic carbocycles. The van der Waals surface area contributed by atoms with Crippen LogP contribution >= 0.6 is 15.9 Å². The maximum absolute atomic E-state index is 10.8. The third-order valence-electron chi connectivity index (χ3n) is 6.74. The monoisotopic (exact) mass is 495 g/mol. The minimum Gasteiger partial charge on any atom is -0.390 e. The fourth-order valence-electron chi connectivity index (χ4n) is 4.95. The van der Waals surface area contributed by atoms with Crippen LogP contribution in [0.2, 0.25) is 0 Å². The molecule has 0 radical (unpaired) electrons. The van der Waals surface area contributed by atoms with Gasteiger partial charge >= 0.3 is 0 Å². The van der Waals surface area contributed by atoms with Gasteiger partial charge in [0.05, 0.1) is 27.8 Å². The zero-order chi connectivity index (χ0) is 22.4. The van der Waals surface area contributed by atoms with Crippen LogP contribution < -0.4 is 5.73 Å². The van der Waals surface area contributed by atoms with Crippen LogP contribution in [0.25, 0.3) is 21.9 Å². The van der Waals surface area contributed by atoms with Crippen LogP contribution in [0, 0.1) is 12.8 Å². The van der Waals surface area contributed by atoms with Gasteiger partial charge in [-0.2, -0.15) is 0 Å². The molecule has 3 heterocycles. The first-order chi connectivity index (χ1) is 15.4. The minimum atomic E-state index is -0.808. The maximum atomic E-state index is 10.8. The summed E-state index contributed by atoms with van der Waals surface area (Å²) in [5.74, 6) is 0.530. The lowest BCUT2D eigenvalue weighted by molar-refractivity contribution is 0.00511. The molecule has 7 nitrogen and oxygen atoms in total. The number of aliphatic hydroxyl groups excluding tert-OH is 2. The highest BCUT2D eigenvalue weighted by Gasteiger charge is 2.42. The molecule has 4 aromatic rings. The van der Waals surface area contributed by atoms with E-state index in [0.717, 1.165) is 57.8 Å². The molecule has 0 unspecified atom stereocenters. The number of fused-ring (bicyclic) bond motifs is 2. The first kappa shape index (κ1) is 21.3. The van der Waals surface area contributed by atoms with Gasteiger partial charge in [0.1, 0.15) is 23.9 Å². The van der Waals surface area contributed by atoms with Gasteiger partial charge in [-0.15, -0.1) is 0 Å². The normalized spacial score (nSPS) is 23.4. The number of nitrogens with two attached hydrogens (primary N) is 1. The van der Waals surface area contributed by atoms with Crippen molar-refractivity contribution in [1.29, 1.82) is 0 Å². The van der Waals surface area contributed by atoms with E-state index in [2.05, 4.69) is 49.1 Å². The predicted molar refractivity (Wildman–Crippen MR) is 128 cm³/mol. The van der Waals surface area contributed by atoms with Gasteiger partial charge in [0.25, 0.3) is 0 Å². The van der Waals surface area contributed by atoms with Gasteiger partial charge in [0, 0.05) is 17.0 Å². The largest absolute Gasteiger partial charge is 0.390 e. The first-order valence-electron chi connectivity index (χ1n) is 10.9. The Hall–Kier alpha value is -2.55. The van der Waals surface area contributed by atoms with E-state index in [0.29, 0.717) is 5.82 Å². The van der Waals surface area contributed by atoms with Crippen LogP contribution in [0.4, 0.5) is 5.82 Å². The molecule has 1 fully saturated rings. The number of anilines is 1. The van der Waals surface area contributed by atoms with E-state index in [4.69, 9.17) is 5.73 Å². The molecular formula is C24H26BrN5O2. The van der Waals surface area contributed by atoms with Gasteiger partial charge < -0.3 is 20.5 Å². The van der Waals surface area contributed by atoms with Gasteiger partial charge in [0.2, 0.25) is 0 Å². The Morgan fingerprint density at radius 2 is 2.00 bits per heavy atom. The minimum absolute atomic E-state index is 0.0422. The van der Waals surface area contributed by atoms with Crippen LogP contribution in [0.15, 0.2) is 47.3 Å². The van der Waals surface area contributed by atoms with Crippen molar-refractivity contribution in [3.05, 3.63) is 58.6 Å². The summed E-state index contributed by atoms with van der Waals surface area (Å²) in [6, 6.07) is 10.0. The number of nitrogen functional groups attached to an aromatic ring is 1. The second kappa shape index (κ2) is 8.42. The highest BCUT2D eigenvalue weighted by atomic mass is 79.9. The SMILES string of the molecule is Cc1ncnc2c1ccn2[C@@H]1C[C@H](CCCc2ccc3cc(Br)c(N)nc3c2)[C@@H](O)[C@H]1O. The Morgan fingerprint density at radius 1 is 1.16 bits per heavy atom. The van der Waals surface area contributed by atoms with Crippen LogP contribution in [0.1, 0.15) is 36.6 Å². The van der Waals surface area contributed by atoms with Crippen molar-refractivity contribution in [2.24, 2.45) is 5.92 Å². The topological polar surface area (TPSA) is 110 Å². The maximum Gasteiger partial charge on any atom is 0.143 e. The van der Waals surface area contributed by atoms with Crippen molar-refractivity contribution in [1.82, 2.24) is 19.5 Å². The molecule has 0 aliphatic heterocycles.